The van der Waals surface area contributed by atoms with Crippen molar-refractivity contribution in [3.05, 3.63) is 47.9 Å². The number of carbonyl (C=O) groups is 1. The number of hydrogen-bond donors (Lipinski definition) is 0. The van der Waals surface area contributed by atoms with Crippen molar-refractivity contribution in [2.24, 2.45) is 5.92 Å². The van der Waals surface area contributed by atoms with Crippen LogP contribution in [-0.2, 0) is 4.79 Å². The molecule has 1 amide bonds. The smallest absolute Gasteiger partial charge is 0.225 e. The van der Waals surface area contributed by atoms with E-state index < -0.39 is 0 Å². The maximum Gasteiger partial charge on any atom is 0.225 e. The summed E-state index contributed by atoms with van der Waals surface area (Å²) in [6, 6.07) is 8.44. The van der Waals surface area contributed by atoms with Crippen LogP contribution in [0.15, 0.2) is 36.7 Å². The van der Waals surface area contributed by atoms with Crippen LogP contribution in [0.4, 0.5) is 0 Å². The van der Waals surface area contributed by atoms with Gasteiger partial charge < -0.3 is 4.90 Å². The van der Waals surface area contributed by atoms with E-state index in [1.807, 2.05) is 0 Å². The second-order valence-corrected chi connectivity index (χ2v) is 7.76. The van der Waals surface area contributed by atoms with Gasteiger partial charge in [0.1, 0.15) is 0 Å². The fourth-order valence-electron chi connectivity index (χ4n) is 4.49. The molecule has 2 aromatic rings. The molecule has 2 fully saturated rings. The first-order valence-electron chi connectivity index (χ1n) is 9.89. The van der Waals surface area contributed by atoms with Crippen LogP contribution in [0, 0.1) is 12.8 Å². The number of aryl methyl sites for hydroxylation is 1. The van der Waals surface area contributed by atoms with Crippen molar-refractivity contribution in [3.8, 4) is 11.3 Å². The van der Waals surface area contributed by atoms with E-state index >= 15 is 0 Å². The number of benzene rings is 1. The first-order chi connectivity index (χ1) is 12.7. The third-order valence-corrected chi connectivity index (χ3v) is 5.84. The summed E-state index contributed by atoms with van der Waals surface area (Å²) in [5, 5.41) is 0. The van der Waals surface area contributed by atoms with Gasteiger partial charge in [0.2, 0.25) is 5.91 Å². The number of piperidine rings is 1. The number of amides is 1. The lowest BCUT2D eigenvalue weighted by Gasteiger charge is -2.34. The maximum atomic E-state index is 12.9. The topological polar surface area (TPSA) is 46.1 Å². The standard InChI is InChI=1S/C22H27N3O/c1-16-6-4-9-18(14-16)20-21(24-12-11-23-20)19-10-5-13-25(15-19)22(26)17-7-2-3-8-17/h4,6,9,11-12,14,17,19H,2-3,5,7-8,10,13,15H2,1H3. The molecule has 0 bridgehead atoms. The third-order valence-electron chi connectivity index (χ3n) is 5.84. The Balaban J connectivity index is 1.58. The van der Waals surface area contributed by atoms with Crippen molar-refractivity contribution in [1.29, 1.82) is 0 Å². The average Bonchev–Trinajstić information content (AvgIpc) is 3.22. The molecule has 136 valence electrons. The molecule has 1 aromatic carbocycles. The molecule has 2 heterocycles. The lowest BCUT2D eigenvalue weighted by molar-refractivity contribution is -0.136. The summed E-state index contributed by atoms with van der Waals surface area (Å²) in [7, 11) is 0. The zero-order chi connectivity index (χ0) is 17.9. The van der Waals surface area contributed by atoms with Gasteiger partial charge in [-0.25, -0.2) is 0 Å². The monoisotopic (exact) mass is 349 g/mol. The normalized spacial score (nSPS) is 21.1. The van der Waals surface area contributed by atoms with Crippen molar-refractivity contribution >= 4 is 5.91 Å². The van der Waals surface area contributed by atoms with E-state index in [2.05, 4.69) is 41.1 Å². The van der Waals surface area contributed by atoms with Crippen LogP contribution in [0.25, 0.3) is 11.3 Å². The molecule has 4 heteroatoms. The quantitative estimate of drug-likeness (QED) is 0.828. The Bertz CT molecular complexity index is 782. The number of nitrogens with zero attached hydrogens (tertiary/aromatic N) is 3. The summed E-state index contributed by atoms with van der Waals surface area (Å²) in [5.41, 5.74) is 4.35. The zero-order valence-electron chi connectivity index (χ0n) is 15.5. The van der Waals surface area contributed by atoms with Crippen LogP contribution < -0.4 is 0 Å². The van der Waals surface area contributed by atoms with Crippen LogP contribution in [0.3, 0.4) is 0 Å². The largest absolute Gasteiger partial charge is 0.342 e. The van der Waals surface area contributed by atoms with E-state index in [9.17, 15) is 4.79 Å². The van der Waals surface area contributed by atoms with E-state index in [4.69, 9.17) is 4.98 Å². The highest BCUT2D eigenvalue weighted by molar-refractivity contribution is 5.79. The Morgan fingerprint density at radius 3 is 2.69 bits per heavy atom. The second-order valence-electron chi connectivity index (χ2n) is 7.76. The van der Waals surface area contributed by atoms with E-state index in [1.54, 1.807) is 12.4 Å². The number of rotatable bonds is 3. The van der Waals surface area contributed by atoms with Crippen molar-refractivity contribution in [2.75, 3.05) is 13.1 Å². The molecule has 1 unspecified atom stereocenters. The van der Waals surface area contributed by atoms with Crippen LogP contribution in [0.5, 0.6) is 0 Å². The summed E-state index contributed by atoms with van der Waals surface area (Å²) in [4.78, 5) is 24.3. The minimum absolute atomic E-state index is 0.256. The Labute approximate surface area is 155 Å². The molecule has 1 aliphatic heterocycles. The van der Waals surface area contributed by atoms with Crippen LogP contribution in [0.1, 0.15) is 55.7 Å². The molecule has 2 aliphatic rings. The van der Waals surface area contributed by atoms with E-state index in [-0.39, 0.29) is 11.8 Å². The summed E-state index contributed by atoms with van der Waals surface area (Å²) < 4.78 is 0. The fraction of sp³-hybridized carbons (Fsp3) is 0.500. The van der Waals surface area contributed by atoms with Crippen LogP contribution >= 0.6 is 0 Å². The highest BCUT2D eigenvalue weighted by Crippen LogP contribution is 2.34. The van der Waals surface area contributed by atoms with Gasteiger partial charge in [-0.05, 0) is 38.7 Å². The summed E-state index contributed by atoms with van der Waals surface area (Å²) in [6.45, 7) is 3.78. The molecule has 1 aliphatic carbocycles. The molecule has 0 radical (unpaired) electrons. The fourth-order valence-corrected chi connectivity index (χ4v) is 4.49. The van der Waals surface area contributed by atoms with Gasteiger partial charge in [0.05, 0.1) is 11.4 Å². The third kappa shape index (κ3) is 3.50. The summed E-state index contributed by atoms with van der Waals surface area (Å²) in [5.74, 6) is 0.901. The van der Waals surface area contributed by atoms with Crippen molar-refractivity contribution < 1.29 is 4.79 Å². The minimum atomic E-state index is 0.256. The first-order valence-corrected chi connectivity index (χ1v) is 9.89. The second kappa shape index (κ2) is 7.56. The van der Waals surface area contributed by atoms with Gasteiger partial charge in [-0.1, -0.05) is 36.6 Å². The molecular formula is C22H27N3O. The lowest BCUT2D eigenvalue weighted by atomic mass is 9.90. The Hall–Kier alpha value is -2.23. The molecule has 0 spiro atoms. The zero-order valence-corrected chi connectivity index (χ0v) is 15.5. The van der Waals surface area contributed by atoms with E-state index in [0.29, 0.717) is 5.91 Å². The molecule has 26 heavy (non-hydrogen) atoms. The number of carbonyl (C=O) groups excluding carboxylic acids is 1. The highest BCUT2D eigenvalue weighted by atomic mass is 16.2. The highest BCUT2D eigenvalue weighted by Gasteiger charge is 2.32. The van der Waals surface area contributed by atoms with Crippen molar-refractivity contribution in [1.82, 2.24) is 14.9 Å². The molecule has 1 saturated heterocycles. The molecule has 0 N–H and O–H groups in total. The van der Waals surface area contributed by atoms with Gasteiger partial charge in [0, 0.05) is 42.9 Å². The average molecular weight is 349 g/mol. The Morgan fingerprint density at radius 2 is 1.88 bits per heavy atom. The molecular weight excluding hydrogens is 322 g/mol. The molecule has 4 rings (SSSR count). The molecule has 1 atom stereocenters. The van der Waals surface area contributed by atoms with Crippen molar-refractivity contribution in [2.45, 2.75) is 51.4 Å². The number of hydrogen-bond acceptors (Lipinski definition) is 3. The first kappa shape index (κ1) is 17.2. The maximum absolute atomic E-state index is 12.9. The predicted molar refractivity (Wildman–Crippen MR) is 103 cm³/mol. The lowest BCUT2D eigenvalue weighted by Crippen LogP contribution is -2.42. The van der Waals surface area contributed by atoms with Gasteiger partial charge in [-0.2, -0.15) is 0 Å². The Morgan fingerprint density at radius 1 is 1.08 bits per heavy atom. The van der Waals surface area contributed by atoms with Gasteiger partial charge >= 0.3 is 0 Å². The van der Waals surface area contributed by atoms with Crippen LogP contribution in [-0.4, -0.2) is 33.9 Å². The number of aromatic nitrogens is 2. The van der Waals surface area contributed by atoms with E-state index in [0.717, 1.165) is 55.7 Å². The molecule has 1 aromatic heterocycles. The van der Waals surface area contributed by atoms with Gasteiger partial charge in [-0.15, -0.1) is 0 Å². The van der Waals surface area contributed by atoms with Gasteiger partial charge in [-0.3, -0.25) is 14.8 Å². The number of likely N-dealkylation sites (tertiary alicyclic amines) is 1. The SMILES string of the molecule is Cc1cccc(-c2nccnc2C2CCCN(C(=O)C3CCCC3)C2)c1. The van der Waals surface area contributed by atoms with Crippen molar-refractivity contribution in [3.63, 3.8) is 0 Å². The molecule has 4 nitrogen and oxygen atoms in total. The Kier molecular flexibility index (Phi) is 5.00. The summed E-state index contributed by atoms with van der Waals surface area (Å²) in [6.07, 6.45) is 10.2. The minimum Gasteiger partial charge on any atom is -0.342 e. The summed E-state index contributed by atoms with van der Waals surface area (Å²) >= 11 is 0. The molecule has 1 saturated carbocycles. The predicted octanol–water partition coefficient (Wildman–Crippen LogP) is 4.35. The van der Waals surface area contributed by atoms with Crippen LogP contribution in [0.2, 0.25) is 0 Å². The van der Waals surface area contributed by atoms with Gasteiger partial charge in [0.25, 0.3) is 0 Å². The van der Waals surface area contributed by atoms with Gasteiger partial charge in [0.15, 0.2) is 0 Å². The van der Waals surface area contributed by atoms with E-state index in [1.165, 1.54) is 18.4 Å².